The van der Waals surface area contributed by atoms with Gasteiger partial charge in [0.2, 0.25) is 0 Å². The highest BCUT2D eigenvalue weighted by Gasteiger charge is 2.10. The lowest BCUT2D eigenvalue weighted by atomic mass is 10.2. The molecule has 0 radical (unpaired) electrons. The number of carbonyl (C=O) groups is 1. The van der Waals surface area contributed by atoms with E-state index in [1.807, 2.05) is 0 Å². The summed E-state index contributed by atoms with van der Waals surface area (Å²) in [5, 5.41) is 0. The molecule has 0 bridgehead atoms. The van der Waals surface area contributed by atoms with Gasteiger partial charge in [-0.2, -0.15) is 8.42 Å². The molecular formula is C12H17NO5S. The Kier molecular flexibility index (Phi) is 5.94. The molecule has 1 aromatic carbocycles. The second-order valence-electron chi connectivity index (χ2n) is 4.04. The lowest BCUT2D eigenvalue weighted by Gasteiger charge is -2.11. The molecule has 106 valence electrons. The predicted molar refractivity (Wildman–Crippen MR) is 70.1 cm³/mol. The fourth-order valence-electron chi connectivity index (χ4n) is 1.27. The van der Waals surface area contributed by atoms with E-state index in [1.165, 1.54) is 0 Å². The van der Waals surface area contributed by atoms with Gasteiger partial charge in [0, 0.05) is 6.04 Å². The van der Waals surface area contributed by atoms with E-state index < -0.39 is 22.1 Å². The minimum atomic E-state index is -3.46. The van der Waals surface area contributed by atoms with Crippen molar-refractivity contribution in [3.8, 4) is 0 Å². The van der Waals surface area contributed by atoms with Crippen LogP contribution in [0.5, 0.6) is 0 Å². The second kappa shape index (κ2) is 7.22. The van der Waals surface area contributed by atoms with Crippen LogP contribution in [0.4, 0.5) is 0 Å². The van der Waals surface area contributed by atoms with Crippen molar-refractivity contribution >= 4 is 16.1 Å². The lowest BCUT2D eigenvalue weighted by molar-refractivity contribution is 0.0472. The standard InChI is InChI=1S/C12H17NO5S/c1-19(15,16)18-8-7-11(13)9-17-12(14)10-5-3-2-4-6-10/h2-6,11H,7-9,13H2,1H3. The van der Waals surface area contributed by atoms with E-state index in [-0.39, 0.29) is 19.6 Å². The molecule has 19 heavy (non-hydrogen) atoms. The van der Waals surface area contributed by atoms with Crippen molar-refractivity contribution in [3.63, 3.8) is 0 Å². The van der Waals surface area contributed by atoms with Crippen LogP contribution in [0.25, 0.3) is 0 Å². The van der Waals surface area contributed by atoms with E-state index in [0.29, 0.717) is 5.56 Å². The second-order valence-corrected chi connectivity index (χ2v) is 5.68. The number of carbonyl (C=O) groups excluding carboxylic acids is 1. The SMILES string of the molecule is CS(=O)(=O)OCCC(N)COC(=O)c1ccccc1. The summed E-state index contributed by atoms with van der Waals surface area (Å²) in [4.78, 5) is 11.6. The fraction of sp³-hybridized carbons (Fsp3) is 0.417. The van der Waals surface area contributed by atoms with Crippen LogP contribution < -0.4 is 5.73 Å². The summed E-state index contributed by atoms with van der Waals surface area (Å²) in [7, 11) is -3.46. The van der Waals surface area contributed by atoms with E-state index in [2.05, 4.69) is 4.18 Å². The highest BCUT2D eigenvalue weighted by Crippen LogP contribution is 2.02. The van der Waals surface area contributed by atoms with Gasteiger partial charge in [-0.15, -0.1) is 0 Å². The molecule has 2 N–H and O–H groups in total. The van der Waals surface area contributed by atoms with Crippen molar-refractivity contribution in [2.24, 2.45) is 5.73 Å². The monoisotopic (exact) mass is 287 g/mol. The zero-order chi connectivity index (χ0) is 14.3. The summed E-state index contributed by atoms with van der Waals surface area (Å²) in [6, 6.07) is 8.08. The first-order chi connectivity index (χ1) is 8.88. The molecule has 0 spiro atoms. The van der Waals surface area contributed by atoms with Crippen LogP contribution in [-0.2, 0) is 19.0 Å². The average Bonchev–Trinajstić information content (AvgIpc) is 2.35. The lowest BCUT2D eigenvalue weighted by Crippen LogP contribution is -2.29. The van der Waals surface area contributed by atoms with Gasteiger partial charge in [0.05, 0.1) is 18.4 Å². The third-order valence-electron chi connectivity index (χ3n) is 2.22. The molecule has 0 aliphatic heterocycles. The number of rotatable bonds is 7. The van der Waals surface area contributed by atoms with Crippen molar-refractivity contribution in [1.29, 1.82) is 0 Å². The molecule has 0 heterocycles. The summed E-state index contributed by atoms with van der Waals surface area (Å²) in [5.41, 5.74) is 6.12. The zero-order valence-electron chi connectivity index (χ0n) is 10.6. The van der Waals surface area contributed by atoms with Crippen molar-refractivity contribution in [1.82, 2.24) is 0 Å². The number of hydrogen-bond donors (Lipinski definition) is 1. The number of esters is 1. The molecule has 0 fully saturated rings. The van der Waals surface area contributed by atoms with Crippen LogP contribution in [-0.4, -0.2) is 39.9 Å². The van der Waals surface area contributed by atoms with Crippen molar-refractivity contribution in [2.45, 2.75) is 12.5 Å². The van der Waals surface area contributed by atoms with Crippen molar-refractivity contribution in [2.75, 3.05) is 19.5 Å². The molecule has 0 amide bonds. The molecule has 1 aromatic rings. The minimum absolute atomic E-state index is 0.0147. The zero-order valence-corrected chi connectivity index (χ0v) is 11.4. The normalized spacial score (nSPS) is 12.9. The van der Waals surface area contributed by atoms with E-state index in [9.17, 15) is 13.2 Å². The maximum atomic E-state index is 11.6. The first-order valence-electron chi connectivity index (χ1n) is 5.70. The van der Waals surface area contributed by atoms with E-state index in [0.717, 1.165) is 6.26 Å². The topological polar surface area (TPSA) is 95.7 Å². The van der Waals surface area contributed by atoms with Crippen LogP contribution in [0.1, 0.15) is 16.8 Å². The molecule has 0 saturated carbocycles. The molecule has 6 nitrogen and oxygen atoms in total. The van der Waals surface area contributed by atoms with Gasteiger partial charge in [0.15, 0.2) is 0 Å². The first kappa shape index (κ1) is 15.6. The van der Waals surface area contributed by atoms with Crippen LogP contribution in [0.3, 0.4) is 0 Å². The number of ether oxygens (including phenoxy) is 1. The molecule has 1 atom stereocenters. The maximum absolute atomic E-state index is 11.6. The fourth-order valence-corrected chi connectivity index (χ4v) is 1.67. The minimum Gasteiger partial charge on any atom is -0.460 e. The Bertz CT molecular complexity index is 500. The maximum Gasteiger partial charge on any atom is 0.338 e. The molecule has 0 aromatic heterocycles. The van der Waals surface area contributed by atoms with E-state index >= 15 is 0 Å². The molecular weight excluding hydrogens is 270 g/mol. The Balaban J connectivity index is 2.27. The van der Waals surface area contributed by atoms with E-state index in [1.54, 1.807) is 30.3 Å². The molecule has 1 unspecified atom stereocenters. The molecule has 0 saturated heterocycles. The van der Waals surface area contributed by atoms with Crippen molar-refractivity contribution < 1.29 is 22.1 Å². The third-order valence-corrected chi connectivity index (χ3v) is 2.82. The highest BCUT2D eigenvalue weighted by molar-refractivity contribution is 7.85. The Morgan fingerprint density at radius 1 is 1.32 bits per heavy atom. The summed E-state index contributed by atoms with van der Waals surface area (Å²) in [6.07, 6.45) is 1.25. The third kappa shape index (κ3) is 6.90. The quantitative estimate of drug-likeness (QED) is 0.581. The average molecular weight is 287 g/mol. The van der Waals surface area contributed by atoms with Crippen LogP contribution in [0, 0.1) is 0 Å². The first-order valence-corrected chi connectivity index (χ1v) is 7.52. The van der Waals surface area contributed by atoms with Gasteiger partial charge in [0.25, 0.3) is 10.1 Å². The van der Waals surface area contributed by atoms with Gasteiger partial charge in [-0.25, -0.2) is 4.79 Å². The molecule has 7 heteroatoms. The van der Waals surface area contributed by atoms with Crippen LogP contribution in [0.2, 0.25) is 0 Å². The van der Waals surface area contributed by atoms with Crippen molar-refractivity contribution in [3.05, 3.63) is 35.9 Å². The van der Waals surface area contributed by atoms with Gasteiger partial charge in [0.1, 0.15) is 6.61 Å². The van der Waals surface area contributed by atoms with Gasteiger partial charge in [-0.1, -0.05) is 18.2 Å². The Morgan fingerprint density at radius 3 is 2.53 bits per heavy atom. The molecule has 0 aliphatic carbocycles. The Morgan fingerprint density at radius 2 is 1.95 bits per heavy atom. The predicted octanol–water partition coefficient (Wildman–Crippen LogP) is 0.537. The number of hydrogen-bond acceptors (Lipinski definition) is 6. The van der Waals surface area contributed by atoms with Gasteiger partial charge >= 0.3 is 5.97 Å². The molecule has 0 aliphatic rings. The number of nitrogens with two attached hydrogens (primary N) is 1. The summed E-state index contributed by atoms with van der Waals surface area (Å²) >= 11 is 0. The highest BCUT2D eigenvalue weighted by atomic mass is 32.2. The summed E-state index contributed by atoms with van der Waals surface area (Å²) < 4.78 is 31.0. The van der Waals surface area contributed by atoms with E-state index in [4.69, 9.17) is 10.5 Å². The largest absolute Gasteiger partial charge is 0.460 e. The number of benzene rings is 1. The van der Waals surface area contributed by atoms with Crippen LogP contribution >= 0.6 is 0 Å². The van der Waals surface area contributed by atoms with Gasteiger partial charge in [-0.05, 0) is 18.6 Å². The molecule has 1 rings (SSSR count). The Hall–Kier alpha value is -1.44. The smallest absolute Gasteiger partial charge is 0.338 e. The summed E-state index contributed by atoms with van der Waals surface area (Å²) in [6.45, 7) is -0.0102. The van der Waals surface area contributed by atoms with Gasteiger partial charge in [-0.3, -0.25) is 4.18 Å². The summed E-state index contributed by atoms with van der Waals surface area (Å²) in [5.74, 6) is -0.458. The Labute approximate surface area is 112 Å². The van der Waals surface area contributed by atoms with Gasteiger partial charge < -0.3 is 10.5 Å². The van der Waals surface area contributed by atoms with Crippen LogP contribution in [0.15, 0.2) is 30.3 Å².